The molecule has 0 spiro atoms. The zero-order valence-electron chi connectivity index (χ0n) is 11.6. The molecule has 4 nitrogen and oxygen atoms in total. The van der Waals surface area contributed by atoms with Crippen molar-refractivity contribution in [1.29, 1.82) is 0 Å². The van der Waals surface area contributed by atoms with Crippen LogP contribution in [0.25, 0.3) is 0 Å². The van der Waals surface area contributed by atoms with Crippen molar-refractivity contribution in [3.63, 3.8) is 0 Å². The Hall–Kier alpha value is -2.57. The van der Waals surface area contributed by atoms with Gasteiger partial charge in [-0.15, -0.1) is 0 Å². The maximum Gasteiger partial charge on any atom is 0.433 e. The van der Waals surface area contributed by atoms with Crippen LogP contribution in [0.4, 0.5) is 19.0 Å². The Morgan fingerprint density at radius 1 is 1.18 bits per heavy atom. The molecule has 2 aromatic rings. The van der Waals surface area contributed by atoms with Crippen molar-refractivity contribution in [2.24, 2.45) is 0 Å². The van der Waals surface area contributed by atoms with Gasteiger partial charge in [0.15, 0.2) is 0 Å². The highest BCUT2D eigenvalue weighted by Gasteiger charge is 2.32. The SMILES string of the molecule is COC(=O)c1ccc(CNc2cccc(C(F)(F)F)n2)cc1. The summed E-state index contributed by atoms with van der Waals surface area (Å²) < 4.78 is 42.2. The molecule has 22 heavy (non-hydrogen) atoms. The Morgan fingerprint density at radius 2 is 1.86 bits per heavy atom. The molecule has 1 aromatic carbocycles. The van der Waals surface area contributed by atoms with Gasteiger partial charge in [0.1, 0.15) is 11.5 Å². The number of ether oxygens (including phenoxy) is 1. The molecule has 0 radical (unpaired) electrons. The summed E-state index contributed by atoms with van der Waals surface area (Å²) in [5.41, 5.74) is 0.258. The van der Waals surface area contributed by atoms with Gasteiger partial charge in [0.25, 0.3) is 0 Å². The lowest BCUT2D eigenvalue weighted by molar-refractivity contribution is -0.141. The van der Waals surface area contributed by atoms with Crippen LogP contribution in [0.2, 0.25) is 0 Å². The number of aromatic nitrogens is 1. The molecule has 116 valence electrons. The highest BCUT2D eigenvalue weighted by Crippen LogP contribution is 2.28. The molecule has 1 aromatic heterocycles. The molecule has 7 heteroatoms. The number of benzene rings is 1. The molecule has 1 N–H and O–H groups in total. The van der Waals surface area contributed by atoms with Crippen LogP contribution in [-0.4, -0.2) is 18.1 Å². The molecule has 0 bridgehead atoms. The van der Waals surface area contributed by atoms with E-state index in [0.29, 0.717) is 5.56 Å². The third-order valence-corrected chi connectivity index (χ3v) is 2.89. The number of nitrogens with one attached hydrogen (secondary N) is 1. The fourth-order valence-electron chi connectivity index (χ4n) is 1.76. The quantitative estimate of drug-likeness (QED) is 0.878. The van der Waals surface area contributed by atoms with Crippen LogP contribution >= 0.6 is 0 Å². The monoisotopic (exact) mass is 310 g/mol. The lowest BCUT2D eigenvalue weighted by Crippen LogP contribution is -2.10. The fourth-order valence-corrected chi connectivity index (χ4v) is 1.76. The van der Waals surface area contributed by atoms with Crippen LogP contribution in [0.5, 0.6) is 0 Å². The zero-order valence-corrected chi connectivity index (χ0v) is 11.6. The Bertz CT molecular complexity index is 655. The van der Waals surface area contributed by atoms with Crippen molar-refractivity contribution in [3.8, 4) is 0 Å². The second kappa shape index (κ2) is 6.46. The van der Waals surface area contributed by atoms with E-state index in [4.69, 9.17) is 0 Å². The third kappa shape index (κ3) is 3.97. The highest BCUT2D eigenvalue weighted by atomic mass is 19.4. The number of pyridine rings is 1. The molecular formula is C15H13F3N2O2. The van der Waals surface area contributed by atoms with Crippen LogP contribution in [0.3, 0.4) is 0 Å². The number of anilines is 1. The van der Waals surface area contributed by atoms with Gasteiger partial charge in [0.05, 0.1) is 12.7 Å². The summed E-state index contributed by atoms with van der Waals surface area (Å²) in [5, 5.41) is 2.81. The van der Waals surface area contributed by atoms with E-state index in [9.17, 15) is 18.0 Å². The predicted octanol–water partition coefficient (Wildman–Crippen LogP) is 3.50. The first kappa shape index (κ1) is 15.8. The lowest BCUT2D eigenvalue weighted by Gasteiger charge is -2.09. The molecule has 0 saturated carbocycles. The molecule has 2 rings (SSSR count). The van der Waals surface area contributed by atoms with E-state index in [-0.39, 0.29) is 12.4 Å². The maximum absolute atomic E-state index is 12.6. The van der Waals surface area contributed by atoms with E-state index < -0.39 is 17.8 Å². The van der Waals surface area contributed by atoms with Gasteiger partial charge >= 0.3 is 12.1 Å². The molecule has 0 aliphatic carbocycles. The number of carbonyl (C=O) groups is 1. The van der Waals surface area contributed by atoms with Gasteiger partial charge in [0.2, 0.25) is 0 Å². The summed E-state index contributed by atoms with van der Waals surface area (Å²) in [6.45, 7) is 0.287. The van der Waals surface area contributed by atoms with E-state index in [2.05, 4.69) is 15.0 Å². The summed E-state index contributed by atoms with van der Waals surface area (Å²) in [5.74, 6) is -0.314. The second-order valence-electron chi connectivity index (χ2n) is 4.45. The van der Waals surface area contributed by atoms with Crippen LogP contribution < -0.4 is 5.32 Å². The predicted molar refractivity (Wildman–Crippen MR) is 74.3 cm³/mol. The average Bonchev–Trinajstić information content (AvgIpc) is 2.52. The van der Waals surface area contributed by atoms with E-state index in [1.807, 2.05) is 0 Å². The number of methoxy groups -OCH3 is 1. The molecule has 0 atom stereocenters. The summed E-state index contributed by atoms with van der Waals surface area (Å²) in [7, 11) is 1.29. The number of alkyl halides is 3. The van der Waals surface area contributed by atoms with Gasteiger partial charge in [-0.1, -0.05) is 18.2 Å². The van der Waals surface area contributed by atoms with E-state index in [0.717, 1.165) is 11.6 Å². The summed E-state index contributed by atoms with van der Waals surface area (Å²) in [6.07, 6.45) is -4.47. The Labute approximate surface area is 124 Å². The van der Waals surface area contributed by atoms with Crippen LogP contribution in [0.15, 0.2) is 42.5 Å². The van der Waals surface area contributed by atoms with E-state index >= 15 is 0 Å². The Balaban J connectivity index is 2.03. The van der Waals surface area contributed by atoms with E-state index in [1.165, 1.54) is 19.2 Å². The lowest BCUT2D eigenvalue weighted by atomic mass is 10.1. The van der Waals surface area contributed by atoms with Gasteiger partial charge in [0, 0.05) is 6.54 Å². The van der Waals surface area contributed by atoms with Crippen molar-refractivity contribution in [2.45, 2.75) is 12.7 Å². The molecule has 1 heterocycles. The van der Waals surface area contributed by atoms with Crippen molar-refractivity contribution < 1.29 is 22.7 Å². The zero-order chi connectivity index (χ0) is 16.2. The topological polar surface area (TPSA) is 51.2 Å². The first-order chi connectivity index (χ1) is 10.4. The molecule has 0 aliphatic heterocycles. The van der Waals surface area contributed by atoms with Gasteiger partial charge in [-0.3, -0.25) is 0 Å². The standard InChI is InChI=1S/C15H13F3N2O2/c1-22-14(21)11-7-5-10(6-8-11)9-19-13-4-2-3-12(20-13)15(16,17)18/h2-8H,9H2,1H3,(H,19,20). The minimum absolute atomic E-state index is 0.131. The molecule has 0 unspecified atom stereocenters. The van der Waals surface area contributed by atoms with Crippen molar-refractivity contribution in [1.82, 2.24) is 4.98 Å². The number of halogens is 3. The Kier molecular flexibility index (Phi) is 4.65. The first-order valence-electron chi connectivity index (χ1n) is 6.35. The highest BCUT2D eigenvalue weighted by molar-refractivity contribution is 5.89. The number of carbonyl (C=O) groups excluding carboxylic acids is 1. The first-order valence-corrected chi connectivity index (χ1v) is 6.35. The largest absolute Gasteiger partial charge is 0.465 e. The number of nitrogens with zero attached hydrogens (tertiary/aromatic N) is 1. The minimum Gasteiger partial charge on any atom is -0.465 e. The van der Waals surface area contributed by atoms with Crippen LogP contribution in [0.1, 0.15) is 21.6 Å². The average molecular weight is 310 g/mol. The van der Waals surface area contributed by atoms with Crippen LogP contribution in [-0.2, 0) is 17.5 Å². The van der Waals surface area contributed by atoms with Crippen molar-refractivity contribution in [3.05, 3.63) is 59.3 Å². The molecule has 0 fully saturated rings. The molecular weight excluding hydrogens is 297 g/mol. The van der Waals surface area contributed by atoms with Gasteiger partial charge in [-0.25, -0.2) is 9.78 Å². The number of rotatable bonds is 4. The number of esters is 1. The molecule has 0 aliphatic rings. The fraction of sp³-hybridized carbons (Fsp3) is 0.200. The van der Waals surface area contributed by atoms with Gasteiger partial charge in [-0.2, -0.15) is 13.2 Å². The molecule has 0 saturated heterocycles. The third-order valence-electron chi connectivity index (χ3n) is 2.89. The van der Waals surface area contributed by atoms with E-state index in [1.54, 1.807) is 24.3 Å². The normalized spacial score (nSPS) is 11.1. The van der Waals surface area contributed by atoms with Crippen molar-refractivity contribution in [2.75, 3.05) is 12.4 Å². The van der Waals surface area contributed by atoms with Gasteiger partial charge in [-0.05, 0) is 29.8 Å². The smallest absolute Gasteiger partial charge is 0.433 e. The van der Waals surface area contributed by atoms with Crippen LogP contribution in [0, 0.1) is 0 Å². The summed E-state index contributed by atoms with van der Waals surface area (Å²) in [6, 6.07) is 10.2. The minimum atomic E-state index is -4.47. The number of hydrogen-bond acceptors (Lipinski definition) is 4. The second-order valence-corrected chi connectivity index (χ2v) is 4.45. The summed E-state index contributed by atoms with van der Waals surface area (Å²) in [4.78, 5) is 14.8. The molecule has 0 amide bonds. The summed E-state index contributed by atoms with van der Waals surface area (Å²) >= 11 is 0. The maximum atomic E-state index is 12.6. The van der Waals surface area contributed by atoms with Gasteiger partial charge < -0.3 is 10.1 Å². The Morgan fingerprint density at radius 3 is 2.45 bits per heavy atom. The van der Waals surface area contributed by atoms with Crippen molar-refractivity contribution >= 4 is 11.8 Å². The number of hydrogen-bond donors (Lipinski definition) is 1.